The highest BCUT2D eigenvalue weighted by Crippen LogP contribution is 2.18. The summed E-state index contributed by atoms with van der Waals surface area (Å²) in [4.78, 5) is 21.7. The van der Waals surface area contributed by atoms with Crippen molar-refractivity contribution in [2.24, 2.45) is 0 Å². The van der Waals surface area contributed by atoms with E-state index in [-0.39, 0.29) is 5.78 Å². The largest absolute Gasteiger partial charge is 0.291 e. The van der Waals surface area contributed by atoms with E-state index >= 15 is 0 Å². The van der Waals surface area contributed by atoms with Gasteiger partial charge in [-0.25, -0.2) is 9.78 Å². The van der Waals surface area contributed by atoms with Crippen LogP contribution in [0.15, 0.2) is 28.7 Å². The number of Topliss-reactive ketones (excluding diaryl/α,β-unsaturated/α-hetero) is 1. The van der Waals surface area contributed by atoms with Crippen LogP contribution in [0.1, 0.15) is 23.2 Å². The standard InChI is InChI=1S/C11H11BrO3/c12-9-4-1-3-8(7-9)11(13)10-5-2-6-14-15-10/h1,3-4,7,10H,2,5-6H2. The van der Waals surface area contributed by atoms with Crippen molar-refractivity contribution in [2.75, 3.05) is 6.61 Å². The van der Waals surface area contributed by atoms with Gasteiger partial charge in [-0.15, -0.1) is 0 Å². The zero-order valence-electron chi connectivity index (χ0n) is 8.11. The van der Waals surface area contributed by atoms with Crippen molar-refractivity contribution in [1.82, 2.24) is 0 Å². The first kappa shape index (κ1) is 10.8. The van der Waals surface area contributed by atoms with Crippen LogP contribution in [0.5, 0.6) is 0 Å². The maximum Gasteiger partial charge on any atom is 0.194 e. The van der Waals surface area contributed by atoms with Gasteiger partial charge in [0.05, 0.1) is 6.61 Å². The Hall–Kier alpha value is -0.710. The summed E-state index contributed by atoms with van der Waals surface area (Å²) in [6, 6.07) is 7.29. The first-order valence-electron chi connectivity index (χ1n) is 4.85. The van der Waals surface area contributed by atoms with Crippen molar-refractivity contribution in [3.8, 4) is 0 Å². The van der Waals surface area contributed by atoms with Crippen LogP contribution in [0.2, 0.25) is 0 Å². The minimum absolute atomic E-state index is 0.0176. The molecule has 80 valence electrons. The summed E-state index contributed by atoms with van der Waals surface area (Å²) >= 11 is 3.33. The maximum absolute atomic E-state index is 11.9. The SMILES string of the molecule is O=C(c1cccc(Br)c1)C1CCCOO1. The first-order chi connectivity index (χ1) is 7.27. The molecule has 1 aliphatic heterocycles. The summed E-state index contributed by atoms with van der Waals surface area (Å²) in [6.07, 6.45) is 1.14. The van der Waals surface area contributed by atoms with Crippen LogP contribution in [0.25, 0.3) is 0 Å². The van der Waals surface area contributed by atoms with Gasteiger partial charge in [-0.1, -0.05) is 28.1 Å². The second-order valence-electron chi connectivity index (χ2n) is 3.42. The van der Waals surface area contributed by atoms with E-state index in [2.05, 4.69) is 15.9 Å². The molecule has 1 heterocycles. The van der Waals surface area contributed by atoms with E-state index in [9.17, 15) is 4.79 Å². The zero-order chi connectivity index (χ0) is 10.7. The van der Waals surface area contributed by atoms with E-state index in [0.29, 0.717) is 12.2 Å². The average molecular weight is 271 g/mol. The molecular formula is C11H11BrO3. The molecule has 1 aliphatic rings. The van der Waals surface area contributed by atoms with E-state index < -0.39 is 6.10 Å². The Morgan fingerprint density at radius 1 is 1.47 bits per heavy atom. The molecule has 1 aromatic rings. The van der Waals surface area contributed by atoms with Gasteiger partial charge in [0.15, 0.2) is 11.9 Å². The number of halogens is 1. The highest BCUT2D eigenvalue weighted by Gasteiger charge is 2.24. The highest BCUT2D eigenvalue weighted by molar-refractivity contribution is 9.10. The molecule has 15 heavy (non-hydrogen) atoms. The Labute approximate surface area is 96.4 Å². The summed E-state index contributed by atoms with van der Waals surface area (Å²) in [6.45, 7) is 0.572. The van der Waals surface area contributed by atoms with Gasteiger partial charge in [-0.3, -0.25) is 4.79 Å². The van der Waals surface area contributed by atoms with Gasteiger partial charge in [0.25, 0.3) is 0 Å². The summed E-state index contributed by atoms with van der Waals surface area (Å²) in [5.74, 6) is -0.0176. The average Bonchev–Trinajstić information content (AvgIpc) is 2.29. The summed E-state index contributed by atoms with van der Waals surface area (Å²) in [5.41, 5.74) is 0.653. The predicted octanol–water partition coefficient (Wildman–Crippen LogP) is 2.74. The Morgan fingerprint density at radius 3 is 3.00 bits per heavy atom. The molecule has 0 bridgehead atoms. The number of benzene rings is 1. The van der Waals surface area contributed by atoms with Crippen molar-refractivity contribution in [3.05, 3.63) is 34.3 Å². The third-order valence-electron chi connectivity index (χ3n) is 2.28. The number of ketones is 1. The molecule has 0 spiro atoms. The molecule has 3 nitrogen and oxygen atoms in total. The molecule has 0 aliphatic carbocycles. The van der Waals surface area contributed by atoms with Crippen molar-refractivity contribution in [3.63, 3.8) is 0 Å². The molecule has 0 amide bonds. The lowest BCUT2D eigenvalue weighted by atomic mass is 10.0. The van der Waals surface area contributed by atoms with Crippen molar-refractivity contribution < 1.29 is 14.6 Å². The Morgan fingerprint density at radius 2 is 2.33 bits per heavy atom. The van der Waals surface area contributed by atoms with Gasteiger partial charge in [0.2, 0.25) is 0 Å². The third-order valence-corrected chi connectivity index (χ3v) is 2.77. The summed E-state index contributed by atoms with van der Waals surface area (Å²) in [7, 11) is 0. The number of carbonyl (C=O) groups is 1. The fourth-order valence-electron chi connectivity index (χ4n) is 1.51. The molecule has 1 fully saturated rings. The zero-order valence-corrected chi connectivity index (χ0v) is 9.70. The summed E-state index contributed by atoms with van der Waals surface area (Å²) < 4.78 is 0.894. The second kappa shape index (κ2) is 4.88. The number of rotatable bonds is 2. The lowest BCUT2D eigenvalue weighted by Crippen LogP contribution is -2.28. The topological polar surface area (TPSA) is 35.5 Å². The van der Waals surface area contributed by atoms with Gasteiger partial charge in [-0.2, -0.15) is 0 Å². The number of hydrogen-bond donors (Lipinski definition) is 0. The Balaban J connectivity index is 2.12. The highest BCUT2D eigenvalue weighted by atomic mass is 79.9. The third kappa shape index (κ3) is 2.65. The predicted molar refractivity (Wildman–Crippen MR) is 58.5 cm³/mol. The lowest BCUT2D eigenvalue weighted by molar-refractivity contribution is -0.331. The molecule has 0 N–H and O–H groups in total. The lowest BCUT2D eigenvalue weighted by Gasteiger charge is -2.19. The maximum atomic E-state index is 11.9. The van der Waals surface area contributed by atoms with Gasteiger partial charge >= 0.3 is 0 Å². The van der Waals surface area contributed by atoms with E-state index in [1.807, 2.05) is 12.1 Å². The fourth-order valence-corrected chi connectivity index (χ4v) is 1.91. The molecule has 0 aromatic heterocycles. The van der Waals surface area contributed by atoms with Gasteiger partial charge in [0, 0.05) is 10.0 Å². The molecule has 0 radical (unpaired) electrons. The molecular weight excluding hydrogens is 260 g/mol. The minimum atomic E-state index is -0.451. The number of carbonyl (C=O) groups excluding carboxylic acids is 1. The number of hydrogen-bond acceptors (Lipinski definition) is 3. The van der Waals surface area contributed by atoms with Gasteiger partial charge < -0.3 is 0 Å². The quantitative estimate of drug-likeness (QED) is 0.613. The summed E-state index contributed by atoms with van der Waals surface area (Å²) in [5, 5.41) is 0. The van der Waals surface area contributed by atoms with E-state index in [0.717, 1.165) is 17.3 Å². The molecule has 1 atom stereocenters. The van der Waals surface area contributed by atoms with Crippen molar-refractivity contribution in [2.45, 2.75) is 18.9 Å². The van der Waals surface area contributed by atoms with E-state index in [1.165, 1.54) is 0 Å². The molecule has 4 heteroatoms. The normalized spacial score (nSPS) is 21.3. The monoisotopic (exact) mass is 270 g/mol. The van der Waals surface area contributed by atoms with Gasteiger partial charge in [-0.05, 0) is 25.0 Å². The molecule has 0 saturated carbocycles. The minimum Gasteiger partial charge on any atom is -0.291 e. The van der Waals surface area contributed by atoms with Crippen LogP contribution in [0.3, 0.4) is 0 Å². The van der Waals surface area contributed by atoms with E-state index in [1.54, 1.807) is 12.1 Å². The van der Waals surface area contributed by atoms with Crippen molar-refractivity contribution >= 4 is 21.7 Å². The van der Waals surface area contributed by atoms with Crippen LogP contribution >= 0.6 is 15.9 Å². The molecule has 2 rings (SSSR count). The van der Waals surface area contributed by atoms with Crippen LogP contribution in [0, 0.1) is 0 Å². The van der Waals surface area contributed by atoms with Crippen LogP contribution in [-0.4, -0.2) is 18.5 Å². The fraction of sp³-hybridized carbons (Fsp3) is 0.364. The van der Waals surface area contributed by atoms with Gasteiger partial charge in [0.1, 0.15) is 0 Å². The second-order valence-corrected chi connectivity index (χ2v) is 4.34. The molecule has 1 saturated heterocycles. The smallest absolute Gasteiger partial charge is 0.194 e. The van der Waals surface area contributed by atoms with Crippen LogP contribution in [0.4, 0.5) is 0 Å². The Kier molecular flexibility index (Phi) is 3.51. The van der Waals surface area contributed by atoms with Crippen LogP contribution < -0.4 is 0 Å². The van der Waals surface area contributed by atoms with Crippen molar-refractivity contribution in [1.29, 1.82) is 0 Å². The van der Waals surface area contributed by atoms with E-state index in [4.69, 9.17) is 9.78 Å². The Bertz CT molecular complexity index is 359. The van der Waals surface area contributed by atoms with Crippen LogP contribution in [-0.2, 0) is 9.78 Å². The molecule has 1 unspecified atom stereocenters. The first-order valence-corrected chi connectivity index (χ1v) is 5.65. The molecule has 1 aromatic carbocycles.